The van der Waals surface area contributed by atoms with E-state index in [0.717, 1.165) is 11.1 Å². The fraction of sp³-hybridized carbons (Fsp3) is 0.167. The second-order valence-electron chi connectivity index (χ2n) is 7.49. The molecule has 0 spiro atoms. The van der Waals surface area contributed by atoms with Gasteiger partial charge in [0.15, 0.2) is 5.60 Å². The minimum absolute atomic E-state index is 0.226. The van der Waals surface area contributed by atoms with Crippen molar-refractivity contribution in [3.8, 4) is 0 Å². The third kappa shape index (κ3) is 3.36. The number of halogens is 1. The van der Waals surface area contributed by atoms with Gasteiger partial charge in [0.05, 0.1) is 5.69 Å². The highest BCUT2D eigenvalue weighted by molar-refractivity contribution is 6.31. The molecule has 152 valence electrons. The number of amides is 2. The van der Waals surface area contributed by atoms with Crippen LogP contribution in [-0.4, -0.2) is 23.5 Å². The van der Waals surface area contributed by atoms with Crippen molar-refractivity contribution in [3.63, 3.8) is 0 Å². The predicted molar refractivity (Wildman–Crippen MR) is 118 cm³/mol. The maximum absolute atomic E-state index is 13.4. The van der Waals surface area contributed by atoms with E-state index in [1.165, 1.54) is 4.90 Å². The minimum Gasteiger partial charge on any atom is -0.372 e. The van der Waals surface area contributed by atoms with E-state index in [1.807, 2.05) is 32.0 Å². The first-order valence-electron chi connectivity index (χ1n) is 9.57. The smallest absolute Gasteiger partial charge is 0.268 e. The zero-order chi connectivity index (χ0) is 21.5. The van der Waals surface area contributed by atoms with Crippen LogP contribution in [0.5, 0.6) is 0 Å². The number of para-hydroxylation sites is 1. The molecule has 0 bridgehead atoms. The Morgan fingerprint density at radius 1 is 1.07 bits per heavy atom. The molecule has 0 aliphatic carbocycles. The van der Waals surface area contributed by atoms with Crippen molar-refractivity contribution in [2.45, 2.75) is 19.4 Å². The van der Waals surface area contributed by atoms with Crippen LogP contribution in [0.1, 0.15) is 22.3 Å². The average molecular weight is 421 g/mol. The van der Waals surface area contributed by atoms with Crippen molar-refractivity contribution in [1.29, 1.82) is 0 Å². The van der Waals surface area contributed by atoms with E-state index < -0.39 is 11.5 Å². The summed E-state index contributed by atoms with van der Waals surface area (Å²) in [7, 11) is 0. The number of anilines is 2. The topological polar surface area (TPSA) is 69.6 Å². The molecule has 2 N–H and O–H groups in total. The van der Waals surface area contributed by atoms with Gasteiger partial charge in [-0.3, -0.25) is 14.5 Å². The molecular weight excluding hydrogens is 400 g/mol. The number of carbonyl (C=O) groups excluding carboxylic acids is 2. The molecule has 2 amide bonds. The molecule has 1 heterocycles. The number of rotatable bonds is 4. The number of hydrogen-bond acceptors (Lipinski definition) is 3. The summed E-state index contributed by atoms with van der Waals surface area (Å²) in [5, 5.41) is 14.8. The van der Waals surface area contributed by atoms with Gasteiger partial charge < -0.3 is 10.4 Å². The average Bonchev–Trinajstić information content (AvgIpc) is 2.94. The van der Waals surface area contributed by atoms with Crippen molar-refractivity contribution in [3.05, 3.63) is 94.0 Å². The van der Waals surface area contributed by atoms with Crippen molar-refractivity contribution in [2.24, 2.45) is 0 Å². The van der Waals surface area contributed by atoms with Crippen LogP contribution in [0.25, 0.3) is 0 Å². The van der Waals surface area contributed by atoms with Crippen LogP contribution in [0.3, 0.4) is 0 Å². The highest BCUT2D eigenvalue weighted by atomic mass is 35.5. The lowest BCUT2D eigenvalue weighted by Crippen LogP contribution is -2.44. The molecule has 1 atom stereocenters. The summed E-state index contributed by atoms with van der Waals surface area (Å²) in [6.07, 6.45) is 0. The Balaban J connectivity index is 1.66. The highest BCUT2D eigenvalue weighted by Crippen LogP contribution is 2.44. The van der Waals surface area contributed by atoms with E-state index in [4.69, 9.17) is 11.6 Å². The number of benzene rings is 3. The first kappa shape index (κ1) is 20.1. The third-order valence-corrected chi connectivity index (χ3v) is 5.62. The largest absolute Gasteiger partial charge is 0.372 e. The van der Waals surface area contributed by atoms with Gasteiger partial charge in [-0.2, -0.15) is 0 Å². The van der Waals surface area contributed by atoms with Crippen LogP contribution in [0, 0.1) is 13.8 Å². The number of fused-ring (bicyclic) bond motifs is 1. The number of aliphatic hydroxyl groups is 1. The summed E-state index contributed by atoms with van der Waals surface area (Å²) in [6, 6.07) is 19.4. The molecule has 30 heavy (non-hydrogen) atoms. The maximum atomic E-state index is 13.4. The maximum Gasteiger partial charge on any atom is 0.268 e. The molecular formula is C24H21ClN2O3. The van der Waals surface area contributed by atoms with Crippen molar-refractivity contribution in [2.75, 3.05) is 16.8 Å². The molecule has 0 aromatic heterocycles. The quantitative estimate of drug-likeness (QED) is 0.665. The second kappa shape index (κ2) is 7.59. The van der Waals surface area contributed by atoms with E-state index in [1.54, 1.807) is 48.5 Å². The Morgan fingerprint density at radius 2 is 1.77 bits per heavy atom. The third-order valence-electron chi connectivity index (χ3n) is 5.38. The van der Waals surface area contributed by atoms with E-state index in [0.29, 0.717) is 27.5 Å². The molecule has 3 aromatic carbocycles. The molecule has 0 saturated carbocycles. The van der Waals surface area contributed by atoms with Gasteiger partial charge in [0.25, 0.3) is 5.91 Å². The van der Waals surface area contributed by atoms with Gasteiger partial charge in [-0.15, -0.1) is 0 Å². The van der Waals surface area contributed by atoms with Gasteiger partial charge in [0.2, 0.25) is 5.91 Å². The molecule has 6 heteroatoms. The number of carbonyl (C=O) groups is 2. The monoisotopic (exact) mass is 420 g/mol. The van der Waals surface area contributed by atoms with Crippen LogP contribution in [0.4, 0.5) is 11.4 Å². The summed E-state index contributed by atoms with van der Waals surface area (Å²) < 4.78 is 0. The summed E-state index contributed by atoms with van der Waals surface area (Å²) in [4.78, 5) is 27.4. The number of hydrogen-bond donors (Lipinski definition) is 2. The molecule has 3 aromatic rings. The van der Waals surface area contributed by atoms with Gasteiger partial charge in [-0.25, -0.2) is 0 Å². The molecule has 1 aliphatic heterocycles. The van der Waals surface area contributed by atoms with Crippen LogP contribution in [0.15, 0.2) is 66.7 Å². The van der Waals surface area contributed by atoms with Crippen LogP contribution in [-0.2, 0) is 15.2 Å². The van der Waals surface area contributed by atoms with E-state index in [2.05, 4.69) is 5.32 Å². The Kier molecular flexibility index (Phi) is 5.10. The fourth-order valence-electron chi connectivity index (χ4n) is 3.73. The molecule has 4 rings (SSSR count). The zero-order valence-corrected chi connectivity index (χ0v) is 17.4. The van der Waals surface area contributed by atoms with Crippen LogP contribution in [0.2, 0.25) is 5.02 Å². The number of aryl methyl sites for hydroxylation is 2. The summed E-state index contributed by atoms with van der Waals surface area (Å²) >= 11 is 6.03. The normalized spacial score (nSPS) is 17.7. The molecule has 0 fully saturated rings. The van der Waals surface area contributed by atoms with Crippen molar-refractivity contribution >= 4 is 34.8 Å². The Labute approximate surface area is 179 Å². The summed E-state index contributed by atoms with van der Waals surface area (Å²) in [5.74, 6) is -0.929. The highest BCUT2D eigenvalue weighted by Gasteiger charge is 2.51. The van der Waals surface area contributed by atoms with E-state index in [-0.39, 0.29) is 12.5 Å². The van der Waals surface area contributed by atoms with Crippen molar-refractivity contribution < 1.29 is 14.7 Å². The van der Waals surface area contributed by atoms with Gasteiger partial charge in [0.1, 0.15) is 6.54 Å². The molecule has 0 radical (unpaired) electrons. The Hall–Kier alpha value is -3.15. The lowest BCUT2D eigenvalue weighted by Gasteiger charge is -2.23. The minimum atomic E-state index is -1.84. The first-order chi connectivity index (χ1) is 14.3. The molecule has 0 unspecified atom stereocenters. The predicted octanol–water partition coefficient (Wildman–Crippen LogP) is 4.18. The molecule has 0 saturated heterocycles. The van der Waals surface area contributed by atoms with Crippen LogP contribution >= 0.6 is 11.6 Å². The van der Waals surface area contributed by atoms with Crippen LogP contribution < -0.4 is 10.2 Å². The molecule has 5 nitrogen and oxygen atoms in total. The number of nitrogens with one attached hydrogen (secondary N) is 1. The van der Waals surface area contributed by atoms with Gasteiger partial charge in [-0.05, 0) is 43.2 Å². The van der Waals surface area contributed by atoms with Gasteiger partial charge in [-0.1, -0.05) is 65.7 Å². The van der Waals surface area contributed by atoms with Gasteiger partial charge in [0, 0.05) is 16.3 Å². The first-order valence-corrected chi connectivity index (χ1v) is 9.95. The summed E-state index contributed by atoms with van der Waals surface area (Å²) in [6.45, 7) is 3.57. The number of nitrogens with zero attached hydrogens (tertiary/aromatic N) is 1. The zero-order valence-electron chi connectivity index (χ0n) is 16.6. The van der Waals surface area contributed by atoms with E-state index in [9.17, 15) is 14.7 Å². The van der Waals surface area contributed by atoms with Crippen molar-refractivity contribution in [1.82, 2.24) is 0 Å². The van der Waals surface area contributed by atoms with E-state index >= 15 is 0 Å². The standard InChI is InChI=1S/C24H21ClN2O3/c1-15-7-10-17(11-8-15)24(30)19-5-3-4-6-21(19)27(23(24)29)14-22(28)26-20-13-18(25)12-9-16(20)2/h3-13,30H,14H2,1-2H3,(H,26,28)/t24-/m1/s1. The Morgan fingerprint density at radius 3 is 2.50 bits per heavy atom. The SMILES string of the molecule is Cc1ccc([C@]2(O)C(=O)N(CC(=O)Nc3cc(Cl)ccc3C)c3ccccc32)cc1. The fourth-order valence-corrected chi connectivity index (χ4v) is 3.90. The van der Waals surface area contributed by atoms with Gasteiger partial charge >= 0.3 is 0 Å². The Bertz CT molecular complexity index is 1140. The molecule has 1 aliphatic rings. The lowest BCUT2D eigenvalue weighted by molar-refractivity contribution is -0.133. The lowest BCUT2D eigenvalue weighted by atomic mass is 9.87. The summed E-state index contributed by atoms with van der Waals surface area (Å²) in [5.41, 5.74) is 2.08. The second-order valence-corrected chi connectivity index (χ2v) is 7.93.